The summed E-state index contributed by atoms with van der Waals surface area (Å²) >= 11 is 1.59. The number of aromatic nitrogens is 1. The van der Waals surface area contributed by atoms with Crippen molar-refractivity contribution in [2.75, 3.05) is 19.6 Å². The smallest absolute Gasteiger partial charge is 0.315 e. The summed E-state index contributed by atoms with van der Waals surface area (Å²) in [6, 6.07) is 2.87. The highest BCUT2D eigenvalue weighted by atomic mass is 32.1. The largest absolute Gasteiger partial charge is 0.335 e. The monoisotopic (exact) mass is 336 g/mol. The molecular formula is C17H28N4OS. The fourth-order valence-corrected chi connectivity index (χ4v) is 4.16. The van der Waals surface area contributed by atoms with E-state index in [1.165, 1.54) is 24.1 Å². The third-order valence-corrected chi connectivity index (χ3v) is 5.83. The molecule has 1 saturated heterocycles. The molecule has 0 radical (unpaired) electrons. The van der Waals surface area contributed by atoms with Crippen molar-refractivity contribution >= 4 is 17.6 Å². The zero-order valence-electron chi connectivity index (χ0n) is 13.8. The minimum atomic E-state index is 0.0417. The van der Waals surface area contributed by atoms with Crippen LogP contribution in [0.15, 0.2) is 12.3 Å². The van der Waals surface area contributed by atoms with Crippen LogP contribution in [0.3, 0.4) is 0 Å². The first-order valence-corrected chi connectivity index (χ1v) is 9.76. The molecule has 6 heteroatoms. The number of amides is 2. The summed E-state index contributed by atoms with van der Waals surface area (Å²) in [6.07, 6.45) is 11.2. The summed E-state index contributed by atoms with van der Waals surface area (Å²) < 4.78 is 4.15. The molecule has 0 atom stereocenters. The molecule has 1 aliphatic heterocycles. The fourth-order valence-electron chi connectivity index (χ4n) is 3.60. The van der Waals surface area contributed by atoms with E-state index in [2.05, 4.69) is 26.0 Å². The molecule has 1 aromatic heterocycles. The molecule has 0 bridgehead atoms. The third kappa shape index (κ3) is 5.46. The number of hydrogen-bond donors (Lipinski definition) is 2. The van der Waals surface area contributed by atoms with Crippen LogP contribution in [0.4, 0.5) is 4.79 Å². The number of urea groups is 1. The van der Waals surface area contributed by atoms with E-state index >= 15 is 0 Å². The molecule has 2 amide bonds. The summed E-state index contributed by atoms with van der Waals surface area (Å²) in [5.74, 6) is 0. The van der Waals surface area contributed by atoms with Crippen LogP contribution < -0.4 is 10.6 Å². The van der Waals surface area contributed by atoms with Crippen molar-refractivity contribution in [1.29, 1.82) is 0 Å². The normalized spacial score (nSPS) is 21.2. The van der Waals surface area contributed by atoms with Crippen LogP contribution in [-0.4, -0.2) is 47.0 Å². The van der Waals surface area contributed by atoms with Crippen LogP contribution in [0.25, 0.3) is 0 Å². The first kappa shape index (κ1) is 16.7. The van der Waals surface area contributed by atoms with Gasteiger partial charge in [0.1, 0.15) is 0 Å². The average molecular weight is 337 g/mol. The minimum absolute atomic E-state index is 0.0417. The molecule has 1 saturated carbocycles. The van der Waals surface area contributed by atoms with Crippen molar-refractivity contribution < 1.29 is 4.79 Å². The number of nitrogens with one attached hydrogen (secondary N) is 2. The second-order valence-electron chi connectivity index (χ2n) is 6.80. The second kappa shape index (κ2) is 8.64. The Labute approximate surface area is 143 Å². The van der Waals surface area contributed by atoms with Gasteiger partial charge in [-0.05, 0) is 49.7 Å². The Hall–Kier alpha value is -1.14. The Kier molecular flexibility index (Phi) is 6.28. The van der Waals surface area contributed by atoms with Gasteiger partial charge in [0.05, 0.1) is 0 Å². The van der Waals surface area contributed by atoms with E-state index in [0.717, 1.165) is 51.7 Å². The summed E-state index contributed by atoms with van der Waals surface area (Å²) in [7, 11) is 0. The number of likely N-dealkylation sites (tertiary alicyclic amines) is 1. The maximum Gasteiger partial charge on any atom is 0.315 e. The van der Waals surface area contributed by atoms with Crippen LogP contribution >= 0.6 is 11.5 Å². The van der Waals surface area contributed by atoms with Crippen molar-refractivity contribution in [3.63, 3.8) is 0 Å². The molecule has 1 aliphatic carbocycles. The van der Waals surface area contributed by atoms with Gasteiger partial charge in [-0.25, -0.2) is 9.17 Å². The summed E-state index contributed by atoms with van der Waals surface area (Å²) in [4.78, 5) is 16.0. The quantitative estimate of drug-likeness (QED) is 0.869. The first-order valence-electron chi connectivity index (χ1n) is 8.98. The van der Waals surface area contributed by atoms with E-state index in [1.54, 1.807) is 11.5 Å². The molecule has 2 fully saturated rings. The molecule has 2 heterocycles. The van der Waals surface area contributed by atoms with Gasteiger partial charge in [-0.1, -0.05) is 19.3 Å². The van der Waals surface area contributed by atoms with Crippen molar-refractivity contribution in [3.8, 4) is 0 Å². The molecule has 2 aliphatic rings. The Bertz CT molecular complexity index is 465. The SMILES string of the molecule is O=C(NC1CCCCC1)NC1CCN(CCc2ccns2)CC1. The second-order valence-corrected chi connectivity index (χ2v) is 7.72. The summed E-state index contributed by atoms with van der Waals surface area (Å²) in [5, 5.41) is 6.32. The van der Waals surface area contributed by atoms with Gasteiger partial charge in [0, 0.05) is 42.8 Å². The van der Waals surface area contributed by atoms with Crippen LogP contribution in [0, 0.1) is 0 Å². The number of piperidine rings is 1. The van der Waals surface area contributed by atoms with Crippen LogP contribution in [0.2, 0.25) is 0 Å². The summed E-state index contributed by atoms with van der Waals surface area (Å²) in [5.41, 5.74) is 0. The Morgan fingerprint density at radius 2 is 1.83 bits per heavy atom. The van der Waals surface area contributed by atoms with Crippen molar-refractivity contribution in [2.24, 2.45) is 0 Å². The highest BCUT2D eigenvalue weighted by Crippen LogP contribution is 2.17. The van der Waals surface area contributed by atoms with Gasteiger partial charge in [-0.15, -0.1) is 0 Å². The molecule has 3 rings (SSSR count). The molecule has 2 N–H and O–H groups in total. The molecule has 23 heavy (non-hydrogen) atoms. The van der Waals surface area contributed by atoms with Gasteiger partial charge in [-0.3, -0.25) is 0 Å². The molecule has 0 aromatic carbocycles. The van der Waals surface area contributed by atoms with E-state index in [4.69, 9.17) is 0 Å². The van der Waals surface area contributed by atoms with E-state index in [0.29, 0.717) is 12.1 Å². The van der Waals surface area contributed by atoms with Gasteiger partial charge in [-0.2, -0.15) is 0 Å². The lowest BCUT2D eigenvalue weighted by Crippen LogP contribution is -2.50. The Morgan fingerprint density at radius 1 is 1.13 bits per heavy atom. The molecule has 5 nitrogen and oxygen atoms in total. The van der Waals surface area contributed by atoms with Crippen LogP contribution in [-0.2, 0) is 6.42 Å². The lowest BCUT2D eigenvalue weighted by molar-refractivity contribution is 0.191. The van der Waals surface area contributed by atoms with Gasteiger partial charge in [0.2, 0.25) is 0 Å². The van der Waals surface area contributed by atoms with Crippen molar-refractivity contribution in [3.05, 3.63) is 17.1 Å². The highest BCUT2D eigenvalue weighted by molar-refractivity contribution is 7.05. The van der Waals surface area contributed by atoms with Crippen LogP contribution in [0.1, 0.15) is 49.8 Å². The number of carbonyl (C=O) groups excluding carboxylic acids is 1. The lowest BCUT2D eigenvalue weighted by atomic mass is 9.96. The van der Waals surface area contributed by atoms with Crippen LogP contribution in [0.5, 0.6) is 0 Å². The first-order chi connectivity index (χ1) is 11.3. The number of carbonyl (C=O) groups is 1. The zero-order valence-corrected chi connectivity index (χ0v) is 14.6. The van der Waals surface area contributed by atoms with E-state index in [1.807, 2.05) is 6.20 Å². The molecule has 1 aromatic rings. The summed E-state index contributed by atoms with van der Waals surface area (Å²) in [6.45, 7) is 3.25. The minimum Gasteiger partial charge on any atom is -0.335 e. The Morgan fingerprint density at radius 3 is 2.48 bits per heavy atom. The predicted octanol–water partition coefficient (Wildman–Crippen LogP) is 2.78. The van der Waals surface area contributed by atoms with Gasteiger partial charge in [0.15, 0.2) is 0 Å². The maximum absolute atomic E-state index is 12.1. The van der Waals surface area contributed by atoms with E-state index in [-0.39, 0.29) is 6.03 Å². The van der Waals surface area contributed by atoms with Gasteiger partial charge < -0.3 is 15.5 Å². The zero-order chi connectivity index (χ0) is 15.9. The molecule has 0 spiro atoms. The van der Waals surface area contributed by atoms with Crippen molar-refractivity contribution in [2.45, 2.75) is 63.5 Å². The number of hydrogen-bond acceptors (Lipinski definition) is 4. The molecular weight excluding hydrogens is 308 g/mol. The standard InChI is InChI=1S/C17H28N4OS/c22-17(19-14-4-2-1-3-5-14)20-15-7-11-21(12-8-15)13-9-16-6-10-18-23-16/h6,10,14-15H,1-5,7-9,11-13H2,(H2,19,20,22). The van der Waals surface area contributed by atoms with E-state index in [9.17, 15) is 4.79 Å². The predicted molar refractivity (Wildman–Crippen MR) is 93.8 cm³/mol. The maximum atomic E-state index is 12.1. The average Bonchev–Trinajstić information content (AvgIpc) is 3.08. The van der Waals surface area contributed by atoms with Gasteiger partial charge >= 0.3 is 6.03 Å². The third-order valence-electron chi connectivity index (χ3n) is 5.03. The van der Waals surface area contributed by atoms with Crippen molar-refractivity contribution in [1.82, 2.24) is 19.9 Å². The Balaban J connectivity index is 1.31. The lowest BCUT2D eigenvalue weighted by Gasteiger charge is -2.32. The number of nitrogens with zero attached hydrogens (tertiary/aromatic N) is 2. The van der Waals surface area contributed by atoms with Gasteiger partial charge in [0.25, 0.3) is 0 Å². The highest BCUT2D eigenvalue weighted by Gasteiger charge is 2.22. The topological polar surface area (TPSA) is 57.3 Å². The molecule has 128 valence electrons. The van der Waals surface area contributed by atoms with E-state index < -0.39 is 0 Å². The number of rotatable bonds is 5. The molecule has 0 unspecified atom stereocenters. The fraction of sp³-hybridized carbons (Fsp3) is 0.765.